The fourth-order valence-electron chi connectivity index (χ4n) is 3.66. The van der Waals surface area contributed by atoms with Crippen molar-refractivity contribution in [1.29, 1.82) is 0 Å². The molecule has 2 aliphatic rings. The van der Waals surface area contributed by atoms with E-state index in [1.54, 1.807) is 11.9 Å². The summed E-state index contributed by atoms with van der Waals surface area (Å²) >= 11 is 2.06. The highest BCUT2D eigenvalue weighted by molar-refractivity contribution is 7.99. The number of thioether (sulfide) groups is 1. The molecule has 0 bridgehead atoms. The Labute approximate surface area is 145 Å². The highest BCUT2D eigenvalue weighted by Crippen LogP contribution is 2.38. The first kappa shape index (κ1) is 18.4. The maximum atomic E-state index is 12.6. The predicted molar refractivity (Wildman–Crippen MR) is 99.0 cm³/mol. The van der Waals surface area contributed by atoms with Gasteiger partial charge in [0.1, 0.15) is 0 Å². The van der Waals surface area contributed by atoms with Crippen LogP contribution in [0.5, 0.6) is 0 Å². The normalized spacial score (nSPS) is 22.0. The SMILES string of the molecule is CN=C(NCC1CCSCC1)NCC1(C(=O)N(C)C)CCCC1. The molecule has 6 heteroatoms. The molecule has 5 nitrogen and oxygen atoms in total. The summed E-state index contributed by atoms with van der Waals surface area (Å²) in [6.45, 7) is 1.67. The molecule has 2 N–H and O–H groups in total. The number of nitrogens with one attached hydrogen (secondary N) is 2. The van der Waals surface area contributed by atoms with Crippen LogP contribution in [0.25, 0.3) is 0 Å². The molecular weight excluding hydrogens is 308 g/mol. The average Bonchev–Trinajstić information content (AvgIpc) is 3.05. The van der Waals surface area contributed by atoms with Gasteiger partial charge in [-0.1, -0.05) is 12.8 Å². The number of amides is 1. The molecule has 0 aromatic rings. The Morgan fingerprint density at radius 1 is 1.22 bits per heavy atom. The molecule has 1 saturated heterocycles. The lowest BCUT2D eigenvalue weighted by Gasteiger charge is -2.31. The molecule has 0 aromatic heterocycles. The van der Waals surface area contributed by atoms with Gasteiger partial charge in [-0.2, -0.15) is 11.8 Å². The van der Waals surface area contributed by atoms with Gasteiger partial charge in [-0.15, -0.1) is 0 Å². The minimum Gasteiger partial charge on any atom is -0.356 e. The fourth-order valence-corrected chi connectivity index (χ4v) is 4.86. The Hall–Kier alpha value is -0.910. The van der Waals surface area contributed by atoms with Gasteiger partial charge in [0, 0.05) is 34.2 Å². The van der Waals surface area contributed by atoms with Gasteiger partial charge in [0.05, 0.1) is 5.41 Å². The molecule has 1 saturated carbocycles. The first-order chi connectivity index (χ1) is 11.1. The van der Waals surface area contributed by atoms with Crippen LogP contribution in [0.15, 0.2) is 4.99 Å². The van der Waals surface area contributed by atoms with E-state index in [1.165, 1.54) is 24.3 Å². The van der Waals surface area contributed by atoms with E-state index in [4.69, 9.17) is 0 Å². The number of hydrogen-bond donors (Lipinski definition) is 2. The molecule has 1 aliphatic carbocycles. The molecule has 0 spiro atoms. The summed E-state index contributed by atoms with van der Waals surface area (Å²) in [4.78, 5) is 18.7. The van der Waals surface area contributed by atoms with Crippen LogP contribution in [-0.4, -0.2) is 62.5 Å². The summed E-state index contributed by atoms with van der Waals surface area (Å²) in [6, 6.07) is 0. The number of guanidine groups is 1. The van der Waals surface area contributed by atoms with Crippen LogP contribution in [0.4, 0.5) is 0 Å². The van der Waals surface area contributed by atoms with E-state index in [0.717, 1.165) is 44.1 Å². The number of hydrogen-bond acceptors (Lipinski definition) is 3. The summed E-state index contributed by atoms with van der Waals surface area (Å²) in [5.41, 5.74) is -0.247. The molecule has 1 amide bonds. The van der Waals surface area contributed by atoms with Crippen LogP contribution < -0.4 is 10.6 Å². The number of carbonyl (C=O) groups is 1. The Kier molecular flexibility index (Phi) is 7.06. The molecular formula is C17H32N4OS. The van der Waals surface area contributed by atoms with Gasteiger partial charge < -0.3 is 15.5 Å². The molecule has 1 heterocycles. The number of rotatable bonds is 5. The lowest BCUT2D eigenvalue weighted by molar-refractivity contribution is -0.138. The van der Waals surface area contributed by atoms with E-state index in [-0.39, 0.29) is 11.3 Å². The van der Waals surface area contributed by atoms with E-state index in [1.807, 2.05) is 14.1 Å². The lowest BCUT2D eigenvalue weighted by atomic mass is 9.84. The van der Waals surface area contributed by atoms with Crippen LogP contribution in [0.2, 0.25) is 0 Å². The first-order valence-electron chi connectivity index (χ1n) is 8.81. The van der Waals surface area contributed by atoms with Gasteiger partial charge >= 0.3 is 0 Å². The van der Waals surface area contributed by atoms with E-state index in [0.29, 0.717) is 6.54 Å². The van der Waals surface area contributed by atoms with Crippen molar-refractivity contribution in [3.63, 3.8) is 0 Å². The van der Waals surface area contributed by atoms with Gasteiger partial charge in [0.15, 0.2) is 5.96 Å². The zero-order valence-corrected chi connectivity index (χ0v) is 15.7. The lowest BCUT2D eigenvalue weighted by Crippen LogP contribution is -2.49. The molecule has 0 unspecified atom stereocenters. The van der Waals surface area contributed by atoms with Gasteiger partial charge in [-0.3, -0.25) is 9.79 Å². The average molecular weight is 341 g/mol. The smallest absolute Gasteiger partial charge is 0.230 e. The molecule has 132 valence electrons. The third-order valence-corrected chi connectivity index (χ3v) is 6.19. The van der Waals surface area contributed by atoms with Crippen molar-refractivity contribution < 1.29 is 4.79 Å². The van der Waals surface area contributed by atoms with Gasteiger partial charge in [-0.05, 0) is 43.1 Å². The van der Waals surface area contributed by atoms with Crippen LogP contribution >= 0.6 is 11.8 Å². The van der Waals surface area contributed by atoms with E-state index >= 15 is 0 Å². The highest BCUT2D eigenvalue weighted by Gasteiger charge is 2.42. The molecule has 0 atom stereocenters. The van der Waals surface area contributed by atoms with Crippen molar-refractivity contribution in [1.82, 2.24) is 15.5 Å². The van der Waals surface area contributed by atoms with Gasteiger partial charge in [0.2, 0.25) is 5.91 Å². The summed E-state index contributed by atoms with van der Waals surface area (Å²) in [7, 11) is 5.52. The van der Waals surface area contributed by atoms with Crippen LogP contribution in [-0.2, 0) is 4.79 Å². The highest BCUT2D eigenvalue weighted by atomic mass is 32.2. The third-order valence-electron chi connectivity index (χ3n) is 5.14. The van der Waals surface area contributed by atoms with Crippen LogP contribution in [0.1, 0.15) is 38.5 Å². The minimum absolute atomic E-state index is 0.247. The second-order valence-electron chi connectivity index (χ2n) is 7.05. The molecule has 2 fully saturated rings. The van der Waals surface area contributed by atoms with Crippen molar-refractivity contribution >= 4 is 23.6 Å². The zero-order chi connectivity index (χ0) is 16.7. The molecule has 2 rings (SSSR count). The van der Waals surface area contributed by atoms with Gasteiger partial charge in [0.25, 0.3) is 0 Å². The van der Waals surface area contributed by atoms with Crippen molar-refractivity contribution in [2.24, 2.45) is 16.3 Å². The van der Waals surface area contributed by atoms with E-state index in [2.05, 4.69) is 27.4 Å². The Bertz CT molecular complexity index is 413. The van der Waals surface area contributed by atoms with Crippen molar-refractivity contribution in [3.8, 4) is 0 Å². The summed E-state index contributed by atoms with van der Waals surface area (Å²) in [5, 5.41) is 6.87. The zero-order valence-electron chi connectivity index (χ0n) is 14.9. The van der Waals surface area contributed by atoms with E-state index in [9.17, 15) is 4.79 Å². The van der Waals surface area contributed by atoms with Crippen molar-refractivity contribution in [3.05, 3.63) is 0 Å². The van der Waals surface area contributed by atoms with Crippen molar-refractivity contribution in [2.45, 2.75) is 38.5 Å². The Morgan fingerprint density at radius 3 is 2.43 bits per heavy atom. The van der Waals surface area contributed by atoms with Crippen LogP contribution in [0.3, 0.4) is 0 Å². The molecule has 0 aromatic carbocycles. The second kappa shape index (κ2) is 8.81. The largest absolute Gasteiger partial charge is 0.356 e. The standard InChI is InChI=1S/C17H32N4OS/c1-18-16(19-12-14-6-10-23-11-7-14)20-13-17(8-4-5-9-17)15(22)21(2)3/h14H,4-13H2,1-3H3,(H2,18,19,20). The monoisotopic (exact) mass is 340 g/mol. The maximum absolute atomic E-state index is 12.6. The summed E-state index contributed by atoms with van der Waals surface area (Å²) in [5.74, 6) is 4.39. The predicted octanol–water partition coefficient (Wildman–Crippen LogP) is 1.94. The number of nitrogens with zero attached hydrogens (tertiary/aromatic N) is 2. The quantitative estimate of drug-likeness (QED) is 0.593. The fraction of sp³-hybridized carbons (Fsp3) is 0.882. The van der Waals surface area contributed by atoms with E-state index < -0.39 is 0 Å². The third kappa shape index (κ3) is 5.03. The van der Waals surface area contributed by atoms with Crippen molar-refractivity contribution in [2.75, 3.05) is 45.7 Å². The maximum Gasteiger partial charge on any atom is 0.230 e. The van der Waals surface area contributed by atoms with Crippen LogP contribution in [0, 0.1) is 11.3 Å². The minimum atomic E-state index is -0.247. The molecule has 1 aliphatic heterocycles. The topological polar surface area (TPSA) is 56.7 Å². The summed E-state index contributed by atoms with van der Waals surface area (Å²) < 4.78 is 0. The number of aliphatic imine (C=N–C) groups is 1. The van der Waals surface area contributed by atoms with Gasteiger partial charge in [-0.25, -0.2) is 0 Å². The molecule has 0 radical (unpaired) electrons. The summed E-state index contributed by atoms with van der Waals surface area (Å²) in [6.07, 6.45) is 6.83. The number of carbonyl (C=O) groups excluding carboxylic acids is 1. The second-order valence-corrected chi connectivity index (χ2v) is 8.27. The first-order valence-corrected chi connectivity index (χ1v) is 9.97. The molecule has 23 heavy (non-hydrogen) atoms. The Balaban J connectivity index is 1.84. The Morgan fingerprint density at radius 2 is 1.87 bits per heavy atom.